The second-order valence-electron chi connectivity index (χ2n) is 6.00. The molecule has 26 heavy (non-hydrogen) atoms. The Bertz CT molecular complexity index is 884. The summed E-state index contributed by atoms with van der Waals surface area (Å²) in [5.74, 6) is 1.04. The van der Waals surface area contributed by atoms with Gasteiger partial charge in [-0.25, -0.2) is 14.2 Å². The monoisotopic (exact) mass is 353 g/mol. The average Bonchev–Trinajstić information content (AvgIpc) is 2.96. The molecule has 0 saturated heterocycles. The number of aromatic nitrogens is 1. The van der Waals surface area contributed by atoms with Crippen LogP contribution < -0.4 is 10.6 Å². The molecule has 0 atom stereocenters. The Morgan fingerprint density at radius 2 is 1.92 bits per heavy atom. The third-order valence-corrected chi connectivity index (χ3v) is 4.01. The minimum absolute atomic E-state index is 0.268. The van der Waals surface area contributed by atoms with Crippen LogP contribution >= 0.6 is 0 Å². The van der Waals surface area contributed by atoms with Crippen LogP contribution in [0, 0.1) is 19.7 Å². The van der Waals surface area contributed by atoms with E-state index in [0.717, 1.165) is 22.6 Å². The van der Waals surface area contributed by atoms with Crippen LogP contribution in [0.5, 0.6) is 0 Å². The number of anilines is 1. The molecule has 0 unspecified atom stereocenters. The highest BCUT2D eigenvalue weighted by Gasteiger charge is 2.09. The van der Waals surface area contributed by atoms with Crippen LogP contribution in [0.25, 0.3) is 11.5 Å². The number of aryl methyl sites for hydroxylation is 2. The predicted octanol–water partition coefficient (Wildman–Crippen LogP) is 4.46. The molecular formula is C20H20FN3O2. The normalized spacial score (nSPS) is 10.6. The fraction of sp³-hybridized carbons (Fsp3) is 0.200. The number of amides is 2. The first-order valence-corrected chi connectivity index (χ1v) is 8.35. The van der Waals surface area contributed by atoms with Crippen molar-refractivity contribution < 1.29 is 13.6 Å². The predicted molar refractivity (Wildman–Crippen MR) is 98.5 cm³/mol. The van der Waals surface area contributed by atoms with Crippen LogP contribution in [0.3, 0.4) is 0 Å². The second-order valence-corrected chi connectivity index (χ2v) is 6.00. The fourth-order valence-corrected chi connectivity index (χ4v) is 2.47. The molecule has 3 rings (SSSR count). The highest BCUT2D eigenvalue weighted by Crippen LogP contribution is 2.23. The molecule has 1 aromatic heterocycles. The molecular weight excluding hydrogens is 333 g/mol. The van der Waals surface area contributed by atoms with Crippen LogP contribution in [0.1, 0.15) is 17.0 Å². The van der Waals surface area contributed by atoms with Gasteiger partial charge in [0.25, 0.3) is 0 Å². The molecule has 2 aromatic carbocycles. The largest absolute Gasteiger partial charge is 0.441 e. The summed E-state index contributed by atoms with van der Waals surface area (Å²) in [5.41, 5.74) is 3.25. The van der Waals surface area contributed by atoms with E-state index in [0.29, 0.717) is 24.5 Å². The minimum atomic E-state index is -0.302. The zero-order valence-electron chi connectivity index (χ0n) is 14.7. The maximum Gasteiger partial charge on any atom is 0.319 e. The molecule has 0 bridgehead atoms. The second kappa shape index (κ2) is 7.82. The van der Waals surface area contributed by atoms with Gasteiger partial charge in [0.1, 0.15) is 11.6 Å². The summed E-state index contributed by atoms with van der Waals surface area (Å²) < 4.78 is 18.5. The van der Waals surface area contributed by atoms with Crippen molar-refractivity contribution >= 4 is 11.7 Å². The molecule has 1 heterocycles. The van der Waals surface area contributed by atoms with Crippen molar-refractivity contribution in [3.63, 3.8) is 0 Å². The van der Waals surface area contributed by atoms with Gasteiger partial charge < -0.3 is 15.1 Å². The van der Waals surface area contributed by atoms with Crippen molar-refractivity contribution in [3.05, 3.63) is 71.4 Å². The summed E-state index contributed by atoms with van der Waals surface area (Å²) in [6.45, 7) is 4.21. The lowest BCUT2D eigenvalue weighted by Crippen LogP contribution is -2.30. The molecule has 2 N–H and O–H groups in total. The third kappa shape index (κ3) is 4.47. The standard InChI is InChI=1S/C20H20FN3O2/c1-13-14(2)26-19(23-13)16-4-3-5-18(12-16)24-20(25)22-11-10-15-6-8-17(21)9-7-15/h3-9,12H,10-11H2,1-2H3,(H2,22,24,25). The third-order valence-electron chi connectivity index (χ3n) is 4.01. The number of nitrogens with one attached hydrogen (secondary N) is 2. The number of rotatable bonds is 5. The van der Waals surface area contributed by atoms with Crippen molar-refractivity contribution in [1.29, 1.82) is 0 Å². The van der Waals surface area contributed by atoms with E-state index in [1.54, 1.807) is 18.2 Å². The highest BCUT2D eigenvalue weighted by molar-refractivity contribution is 5.89. The lowest BCUT2D eigenvalue weighted by Gasteiger charge is -2.08. The smallest absolute Gasteiger partial charge is 0.319 e. The number of hydrogen-bond donors (Lipinski definition) is 2. The molecule has 0 aliphatic rings. The lowest BCUT2D eigenvalue weighted by molar-refractivity contribution is 0.252. The topological polar surface area (TPSA) is 67.2 Å². The molecule has 5 nitrogen and oxygen atoms in total. The van der Waals surface area contributed by atoms with Crippen molar-refractivity contribution in [2.75, 3.05) is 11.9 Å². The van der Waals surface area contributed by atoms with Crippen LogP contribution in [0.2, 0.25) is 0 Å². The number of urea groups is 1. The molecule has 0 saturated carbocycles. The average molecular weight is 353 g/mol. The van der Waals surface area contributed by atoms with Gasteiger partial charge >= 0.3 is 6.03 Å². The Balaban J connectivity index is 1.55. The first-order valence-electron chi connectivity index (χ1n) is 8.35. The molecule has 0 fully saturated rings. The Hall–Kier alpha value is -3.15. The van der Waals surface area contributed by atoms with Gasteiger partial charge in [-0.3, -0.25) is 0 Å². The Kier molecular flexibility index (Phi) is 5.31. The SMILES string of the molecule is Cc1nc(-c2cccc(NC(=O)NCCc3ccc(F)cc3)c2)oc1C. The highest BCUT2D eigenvalue weighted by atomic mass is 19.1. The van der Waals surface area contributed by atoms with Crippen LogP contribution in [0.4, 0.5) is 14.9 Å². The zero-order valence-corrected chi connectivity index (χ0v) is 14.7. The van der Waals surface area contributed by atoms with Gasteiger partial charge in [0.05, 0.1) is 5.69 Å². The van der Waals surface area contributed by atoms with E-state index in [1.807, 2.05) is 32.0 Å². The molecule has 2 amide bonds. The van der Waals surface area contributed by atoms with E-state index in [1.165, 1.54) is 12.1 Å². The van der Waals surface area contributed by atoms with Crippen LogP contribution in [0.15, 0.2) is 52.9 Å². The van der Waals surface area contributed by atoms with Gasteiger partial charge in [-0.1, -0.05) is 18.2 Å². The number of oxazole rings is 1. The van der Waals surface area contributed by atoms with Crippen LogP contribution in [-0.4, -0.2) is 17.6 Å². The molecule has 0 spiro atoms. The molecule has 0 aliphatic heterocycles. The van der Waals surface area contributed by atoms with Crippen LogP contribution in [-0.2, 0) is 6.42 Å². The van der Waals surface area contributed by atoms with Gasteiger partial charge in [-0.2, -0.15) is 0 Å². The number of hydrogen-bond acceptors (Lipinski definition) is 3. The summed E-state index contributed by atoms with van der Waals surface area (Å²) in [6.07, 6.45) is 0.628. The number of carbonyl (C=O) groups is 1. The van der Waals surface area contributed by atoms with Gasteiger partial charge in [0.2, 0.25) is 5.89 Å². The van der Waals surface area contributed by atoms with E-state index in [4.69, 9.17) is 4.42 Å². The Morgan fingerprint density at radius 3 is 2.62 bits per heavy atom. The van der Waals surface area contributed by atoms with E-state index in [-0.39, 0.29) is 11.8 Å². The van der Waals surface area contributed by atoms with Crippen molar-refractivity contribution in [2.24, 2.45) is 0 Å². The summed E-state index contributed by atoms with van der Waals surface area (Å²) in [6, 6.07) is 13.2. The summed E-state index contributed by atoms with van der Waals surface area (Å²) >= 11 is 0. The number of halogens is 1. The molecule has 3 aromatic rings. The van der Waals surface area contributed by atoms with Crippen molar-refractivity contribution in [1.82, 2.24) is 10.3 Å². The van der Waals surface area contributed by atoms with E-state index < -0.39 is 0 Å². The first kappa shape index (κ1) is 17.7. The van der Waals surface area contributed by atoms with Gasteiger partial charge in [0.15, 0.2) is 0 Å². The molecule has 0 radical (unpaired) electrons. The fourth-order valence-electron chi connectivity index (χ4n) is 2.47. The molecule has 0 aliphatic carbocycles. The summed E-state index contributed by atoms with van der Waals surface area (Å²) in [5, 5.41) is 5.57. The van der Waals surface area contributed by atoms with Gasteiger partial charge in [-0.05, 0) is 56.2 Å². The van der Waals surface area contributed by atoms with E-state index in [9.17, 15) is 9.18 Å². The quantitative estimate of drug-likeness (QED) is 0.711. The maximum atomic E-state index is 12.9. The van der Waals surface area contributed by atoms with Crippen molar-refractivity contribution in [2.45, 2.75) is 20.3 Å². The van der Waals surface area contributed by atoms with Gasteiger partial charge in [0, 0.05) is 17.8 Å². The summed E-state index contributed by atoms with van der Waals surface area (Å²) in [7, 11) is 0. The lowest BCUT2D eigenvalue weighted by atomic mass is 10.1. The minimum Gasteiger partial charge on any atom is -0.441 e. The molecule has 6 heteroatoms. The Morgan fingerprint density at radius 1 is 1.15 bits per heavy atom. The maximum absolute atomic E-state index is 12.9. The Labute approximate surface area is 151 Å². The number of nitrogens with zero attached hydrogens (tertiary/aromatic N) is 1. The van der Waals surface area contributed by atoms with E-state index >= 15 is 0 Å². The summed E-state index contributed by atoms with van der Waals surface area (Å²) in [4.78, 5) is 16.4. The zero-order chi connectivity index (χ0) is 18.5. The first-order chi connectivity index (χ1) is 12.5. The van der Waals surface area contributed by atoms with E-state index in [2.05, 4.69) is 15.6 Å². The van der Waals surface area contributed by atoms with Crippen molar-refractivity contribution in [3.8, 4) is 11.5 Å². The van der Waals surface area contributed by atoms with Gasteiger partial charge in [-0.15, -0.1) is 0 Å². The molecule has 134 valence electrons. The number of carbonyl (C=O) groups excluding carboxylic acids is 1. The number of benzene rings is 2.